The first-order chi connectivity index (χ1) is 16.8. The Bertz CT molecular complexity index is 1180. The minimum atomic E-state index is -4.61. The molecule has 0 aliphatic carbocycles. The zero-order chi connectivity index (χ0) is 24.8. The molecule has 1 aliphatic heterocycles. The molecule has 2 aromatic heterocycles. The van der Waals surface area contributed by atoms with Crippen LogP contribution < -0.4 is 20.7 Å². The molecule has 3 N–H and O–H groups in total. The van der Waals surface area contributed by atoms with E-state index in [9.17, 15) is 18.0 Å². The van der Waals surface area contributed by atoms with Crippen LogP contribution in [-0.2, 0) is 17.5 Å². The number of hydrogen-bond acceptors (Lipinski definition) is 7. The third kappa shape index (κ3) is 6.38. The maximum atomic E-state index is 13.5. The number of nitrogens with zero attached hydrogens (tertiary/aromatic N) is 2. The van der Waals surface area contributed by atoms with Crippen molar-refractivity contribution in [1.29, 1.82) is 0 Å². The number of hydrogen-bond donors (Lipinski definition) is 3. The number of carbonyl (C=O) groups excluding carboxylic acids is 1. The summed E-state index contributed by atoms with van der Waals surface area (Å²) in [5, 5.41) is 8.59. The third-order valence-corrected chi connectivity index (χ3v) is 5.28. The van der Waals surface area contributed by atoms with Crippen molar-refractivity contribution >= 4 is 23.2 Å². The van der Waals surface area contributed by atoms with Crippen LogP contribution in [0.4, 0.5) is 30.5 Å². The standard InChI is InChI=1S/C24H24F3N5O3/c1-28-21-9-15(4-7-29-21)13-31-22-20(3-2-6-30-22)23(33)32-17-10-16(24(25,26)27)11-19(12-17)35-18-5-8-34-14-18/h2-4,6-7,9-12,18H,5,8,13-14H2,1H3,(H,28,29)(H,30,31)(H,32,33). The summed E-state index contributed by atoms with van der Waals surface area (Å²) in [6.07, 6.45) is -1.20. The Morgan fingerprint density at radius 1 is 1.17 bits per heavy atom. The number of benzene rings is 1. The van der Waals surface area contributed by atoms with Gasteiger partial charge in [-0.3, -0.25) is 4.79 Å². The van der Waals surface area contributed by atoms with Crippen LogP contribution in [-0.4, -0.2) is 42.2 Å². The third-order valence-electron chi connectivity index (χ3n) is 5.28. The average molecular weight is 487 g/mol. The van der Waals surface area contributed by atoms with Crippen molar-refractivity contribution in [3.05, 3.63) is 71.5 Å². The highest BCUT2D eigenvalue weighted by molar-refractivity contribution is 6.07. The maximum Gasteiger partial charge on any atom is 0.416 e. The first kappa shape index (κ1) is 24.3. The number of halogens is 3. The number of anilines is 3. The largest absolute Gasteiger partial charge is 0.488 e. The number of nitrogens with one attached hydrogen (secondary N) is 3. The zero-order valence-electron chi connectivity index (χ0n) is 18.9. The topological polar surface area (TPSA) is 97.4 Å². The van der Waals surface area contributed by atoms with Gasteiger partial charge in [0.05, 0.1) is 24.3 Å². The molecular formula is C24H24F3N5O3. The average Bonchev–Trinajstić information content (AvgIpc) is 3.35. The number of pyridine rings is 2. The van der Waals surface area contributed by atoms with E-state index in [2.05, 4.69) is 25.9 Å². The fourth-order valence-corrected chi connectivity index (χ4v) is 3.54. The Morgan fingerprint density at radius 3 is 2.77 bits per heavy atom. The zero-order valence-corrected chi connectivity index (χ0v) is 18.9. The number of ether oxygens (including phenoxy) is 2. The number of carbonyl (C=O) groups is 1. The van der Waals surface area contributed by atoms with E-state index < -0.39 is 17.6 Å². The lowest BCUT2D eigenvalue weighted by Gasteiger charge is -2.17. The van der Waals surface area contributed by atoms with Crippen LogP contribution in [0.2, 0.25) is 0 Å². The van der Waals surface area contributed by atoms with Gasteiger partial charge in [0.15, 0.2) is 0 Å². The van der Waals surface area contributed by atoms with E-state index in [1.54, 1.807) is 19.3 Å². The van der Waals surface area contributed by atoms with Gasteiger partial charge in [0.1, 0.15) is 23.5 Å². The second-order valence-corrected chi connectivity index (χ2v) is 7.85. The Kier molecular flexibility index (Phi) is 7.35. The second kappa shape index (κ2) is 10.6. The number of aromatic nitrogens is 2. The molecule has 184 valence electrons. The summed E-state index contributed by atoms with van der Waals surface area (Å²) >= 11 is 0. The number of alkyl halides is 3. The molecule has 1 amide bonds. The smallest absolute Gasteiger partial charge is 0.416 e. The summed E-state index contributed by atoms with van der Waals surface area (Å²) in [6, 6.07) is 9.93. The Labute approximate surface area is 199 Å². The van der Waals surface area contributed by atoms with Crippen LogP contribution in [0, 0.1) is 0 Å². The molecule has 1 aromatic carbocycles. The van der Waals surface area contributed by atoms with Crippen molar-refractivity contribution < 1.29 is 27.4 Å². The quantitative estimate of drug-likeness (QED) is 0.428. The number of amides is 1. The van der Waals surface area contributed by atoms with Crippen LogP contribution in [0.3, 0.4) is 0 Å². The monoisotopic (exact) mass is 487 g/mol. The van der Waals surface area contributed by atoms with E-state index in [1.807, 2.05) is 12.1 Å². The van der Waals surface area contributed by atoms with Gasteiger partial charge in [-0.2, -0.15) is 13.2 Å². The summed E-state index contributed by atoms with van der Waals surface area (Å²) in [7, 11) is 1.76. The van der Waals surface area contributed by atoms with Gasteiger partial charge in [-0.15, -0.1) is 0 Å². The van der Waals surface area contributed by atoms with Crippen LogP contribution in [0.25, 0.3) is 0 Å². The second-order valence-electron chi connectivity index (χ2n) is 7.85. The van der Waals surface area contributed by atoms with Crippen LogP contribution in [0.5, 0.6) is 5.75 Å². The van der Waals surface area contributed by atoms with Crippen LogP contribution in [0.1, 0.15) is 27.9 Å². The molecule has 0 spiro atoms. The molecule has 0 saturated carbocycles. The van der Waals surface area contributed by atoms with E-state index >= 15 is 0 Å². The maximum absolute atomic E-state index is 13.5. The Balaban J connectivity index is 1.53. The summed E-state index contributed by atoms with van der Waals surface area (Å²) < 4.78 is 51.3. The lowest BCUT2D eigenvalue weighted by Crippen LogP contribution is -2.18. The van der Waals surface area contributed by atoms with Crippen LogP contribution >= 0.6 is 0 Å². The molecule has 1 unspecified atom stereocenters. The predicted molar refractivity (Wildman–Crippen MR) is 125 cm³/mol. The number of rotatable bonds is 8. The van der Waals surface area contributed by atoms with Gasteiger partial charge in [0.2, 0.25) is 0 Å². The van der Waals surface area contributed by atoms with E-state index in [4.69, 9.17) is 9.47 Å². The fourth-order valence-electron chi connectivity index (χ4n) is 3.54. The molecule has 11 heteroatoms. The summed E-state index contributed by atoms with van der Waals surface area (Å²) in [5.41, 5.74) is 0.115. The van der Waals surface area contributed by atoms with Gasteiger partial charge in [0, 0.05) is 44.2 Å². The lowest BCUT2D eigenvalue weighted by molar-refractivity contribution is -0.137. The van der Waals surface area contributed by atoms with Crippen molar-refractivity contribution in [2.75, 3.05) is 36.2 Å². The molecule has 0 bridgehead atoms. The molecule has 1 saturated heterocycles. The highest BCUT2D eigenvalue weighted by Gasteiger charge is 2.32. The SMILES string of the molecule is CNc1cc(CNc2ncccc2C(=O)Nc2cc(OC3CCOC3)cc(C(F)(F)F)c2)ccn1. The molecule has 4 rings (SSSR count). The van der Waals surface area contributed by atoms with E-state index in [-0.39, 0.29) is 23.1 Å². The van der Waals surface area contributed by atoms with E-state index in [1.165, 1.54) is 18.3 Å². The minimum absolute atomic E-state index is 0.00758. The molecule has 35 heavy (non-hydrogen) atoms. The molecule has 1 aliphatic rings. The Hall–Kier alpha value is -3.86. The first-order valence-corrected chi connectivity index (χ1v) is 10.9. The van der Waals surface area contributed by atoms with E-state index in [0.29, 0.717) is 37.8 Å². The molecular weight excluding hydrogens is 463 g/mol. The van der Waals surface area contributed by atoms with Gasteiger partial charge in [-0.05, 0) is 42.0 Å². The molecule has 3 heterocycles. The molecule has 3 aromatic rings. The highest BCUT2D eigenvalue weighted by atomic mass is 19.4. The lowest BCUT2D eigenvalue weighted by atomic mass is 10.1. The van der Waals surface area contributed by atoms with Crippen LogP contribution in [0.15, 0.2) is 54.9 Å². The fraction of sp³-hybridized carbons (Fsp3) is 0.292. The van der Waals surface area contributed by atoms with Crippen molar-refractivity contribution in [3.63, 3.8) is 0 Å². The highest BCUT2D eigenvalue weighted by Crippen LogP contribution is 2.35. The Morgan fingerprint density at radius 2 is 2.03 bits per heavy atom. The van der Waals surface area contributed by atoms with Gasteiger partial charge in [-0.25, -0.2) is 9.97 Å². The predicted octanol–water partition coefficient (Wildman–Crippen LogP) is 4.57. The van der Waals surface area contributed by atoms with Crippen molar-refractivity contribution in [3.8, 4) is 5.75 Å². The van der Waals surface area contributed by atoms with E-state index in [0.717, 1.165) is 17.7 Å². The minimum Gasteiger partial charge on any atom is -0.488 e. The first-order valence-electron chi connectivity index (χ1n) is 10.9. The summed E-state index contributed by atoms with van der Waals surface area (Å²) in [4.78, 5) is 21.4. The van der Waals surface area contributed by atoms with Gasteiger partial charge < -0.3 is 25.4 Å². The van der Waals surface area contributed by atoms with Gasteiger partial charge >= 0.3 is 6.18 Å². The summed E-state index contributed by atoms with van der Waals surface area (Å²) in [5.74, 6) is 0.378. The molecule has 1 atom stereocenters. The van der Waals surface area contributed by atoms with Crippen molar-refractivity contribution in [2.24, 2.45) is 0 Å². The van der Waals surface area contributed by atoms with Gasteiger partial charge in [-0.1, -0.05) is 0 Å². The normalized spacial score (nSPS) is 15.5. The van der Waals surface area contributed by atoms with Crippen molar-refractivity contribution in [2.45, 2.75) is 25.2 Å². The molecule has 8 nitrogen and oxygen atoms in total. The van der Waals surface area contributed by atoms with Crippen molar-refractivity contribution in [1.82, 2.24) is 9.97 Å². The molecule has 1 fully saturated rings. The summed E-state index contributed by atoms with van der Waals surface area (Å²) in [6.45, 7) is 1.15. The van der Waals surface area contributed by atoms with Gasteiger partial charge in [0.25, 0.3) is 5.91 Å². The molecule has 0 radical (unpaired) electrons.